The van der Waals surface area contributed by atoms with E-state index in [9.17, 15) is 4.79 Å². The molecule has 2 amide bonds. The van der Waals surface area contributed by atoms with Crippen LogP contribution in [0.1, 0.15) is 27.7 Å². The molecule has 0 aliphatic rings. The largest absolute Gasteiger partial charge is 0.323 e. The van der Waals surface area contributed by atoms with E-state index < -0.39 is 0 Å². The highest BCUT2D eigenvalue weighted by molar-refractivity contribution is 7.99. The molecule has 0 unspecified atom stereocenters. The average molecular weight is 340 g/mol. The van der Waals surface area contributed by atoms with Crippen molar-refractivity contribution in [3.63, 3.8) is 0 Å². The van der Waals surface area contributed by atoms with Crippen LogP contribution in [0.5, 0.6) is 0 Å². The van der Waals surface area contributed by atoms with E-state index in [0.29, 0.717) is 0 Å². The molecule has 0 aromatic heterocycles. The van der Waals surface area contributed by atoms with Crippen LogP contribution in [0.3, 0.4) is 0 Å². The number of hydrogen-bond donors (Lipinski definition) is 2. The van der Waals surface area contributed by atoms with Crippen molar-refractivity contribution in [2.45, 2.75) is 37.5 Å². The second-order valence-corrected chi connectivity index (χ2v) is 7.70. The number of carbonyl (C=O) groups excluding carboxylic acids is 1. The van der Waals surface area contributed by atoms with E-state index >= 15 is 0 Å². The summed E-state index contributed by atoms with van der Waals surface area (Å²) in [5, 5.41) is 5.73. The molecule has 2 N–H and O–H groups in total. The van der Waals surface area contributed by atoms with Gasteiger partial charge in [-0.3, -0.25) is 0 Å². The van der Waals surface area contributed by atoms with Crippen molar-refractivity contribution in [2.24, 2.45) is 5.41 Å². The van der Waals surface area contributed by atoms with Crippen LogP contribution in [0.15, 0.2) is 76.2 Å². The highest BCUT2D eigenvalue weighted by Gasteiger charge is 2.13. The summed E-state index contributed by atoms with van der Waals surface area (Å²) in [6.45, 7) is 8.36. The summed E-state index contributed by atoms with van der Waals surface area (Å²) in [5.74, 6) is 0. The monoisotopic (exact) mass is 340 g/mol. The Kier molecular flexibility index (Phi) is 6.10. The Balaban J connectivity index is 2.06. The van der Waals surface area contributed by atoms with Crippen molar-refractivity contribution in [2.75, 3.05) is 5.32 Å². The molecule has 2 aromatic rings. The SMILES string of the molecule is C/C(=C\NC(=O)Nc1ccccc1Sc1ccccc1)C(C)(C)C. The Morgan fingerprint density at radius 2 is 1.62 bits per heavy atom. The lowest BCUT2D eigenvalue weighted by atomic mass is 9.88. The number of rotatable bonds is 4. The fourth-order valence-electron chi connectivity index (χ4n) is 1.82. The molecule has 0 heterocycles. The summed E-state index contributed by atoms with van der Waals surface area (Å²) in [4.78, 5) is 14.3. The number of amides is 2. The van der Waals surface area contributed by atoms with Gasteiger partial charge in [-0.05, 0) is 36.6 Å². The van der Waals surface area contributed by atoms with E-state index in [2.05, 4.69) is 43.5 Å². The van der Waals surface area contributed by atoms with Crippen LogP contribution in [0.2, 0.25) is 0 Å². The van der Waals surface area contributed by atoms with E-state index in [1.54, 1.807) is 18.0 Å². The number of urea groups is 1. The van der Waals surface area contributed by atoms with Crippen LogP contribution in [0.4, 0.5) is 10.5 Å². The molecule has 2 aromatic carbocycles. The molecule has 0 aliphatic carbocycles. The lowest BCUT2D eigenvalue weighted by Gasteiger charge is -2.19. The summed E-state index contributed by atoms with van der Waals surface area (Å²) < 4.78 is 0. The molecule has 0 bridgehead atoms. The maximum Gasteiger partial charge on any atom is 0.323 e. The number of allylic oxidation sites excluding steroid dienone is 1. The third kappa shape index (κ3) is 5.46. The zero-order valence-corrected chi connectivity index (χ0v) is 15.4. The van der Waals surface area contributed by atoms with Gasteiger partial charge in [0.05, 0.1) is 5.69 Å². The molecule has 4 heteroatoms. The second-order valence-electron chi connectivity index (χ2n) is 6.59. The van der Waals surface area contributed by atoms with Crippen molar-refractivity contribution in [3.05, 3.63) is 66.4 Å². The summed E-state index contributed by atoms with van der Waals surface area (Å²) in [5.41, 5.74) is 1.95. The van der Waals surface area contributed by atoms with Gasteiger partial charge in [0.25, 0.3) is 0 Å². The van der Waals surface area contributed by atoms with Gasteiger partial charge < -0.3 is 10.6 Å². The average Bonchev–Trinajstić information content (AvgIpc) is 2.54. The van der Waals surface area contributed by atoms with Crippen molar-refractivity contribution in [1.82, 2.24) is 5.32 Å². The second kappa shape index (κ2) is 8.06. The van der Waals surface area contributed by atoms with Crippen LogP contribution < -0.4 is 10.6 Å². The molecule has 24 heavy (non-hydrogen) atoms. The molecule has 0 fully saturated rings. The lowest BCUT2D eigenvalue weighted by molar-refractivity contribution is 0.255. The van der Waals surface area contributed by atoms with Gasteiger partial charge in [-0.2, -0.15) is 0 Å². The van der Waals surface area contributed by atoms with Crippen molar-refractivity contribution >= 4 is 23.5 Å². The molecule has 0 atom stereocenters. The molecule has 0 radical (unpaired) electrons. The maximum atomic E-state index is 12.2. The van der Waals surface area contributed by atoms with Gasteiger partial charge in [0.2, 0.25) is 0 Å². The third-order valence-corrected chi connectivity index (χ3v) is 4.79. The van der Waals surface area contributed by atoms with Crippen molar-refractivity contribution < 1.29 is 4.79 Å². The standard InChI is InChI=1S/C20H24N2OS/c1-15(20(2,3)4)14-21-19(23)22-17-12-8-9-13-18(17)24-16-10-6-5-7-11-16/h5-14H,1-4H3,(H2,21,22,23)/b15-14+. The zero-order chi connectivity index (χ0) is 17.6. The van der Waals surface area contributed by atoms with Crippen LogP contribution >= 0.6 is 11.8 Å². The molecule has 0 aliphatic heterocycles. The van der Waals surface area contributed by atoms with Crippen molar-refractivity contribution in [1.29, 1.82) is 0 Å². The summed E-state index contributed by atoms with van der Waals surface area (Å²) in [6.07, 6.45) is 1.77. The number of benzene rings is 2. The fraction of sp³-hybridized carbons (Fsp3) is 0.250. The van der Waals surface area contributed by atoms with E-state index in [-0.39, 0.29) is 11.4 Å². The minimum Gasteiger partial charge on any atom is -0.314 e. The highest BCUT2D eigenvalue weighted by atomic mass is 32.2. The minimum absolute atomic E-state index is 0.0361. The first-order chi connectivity index (χ1) is 11.4. The Bertz CT molecular complexity index is 718. The van der Waals surface area contributed by atoms with Gasteiger partial charge in [-0.25, -0.2) is 4.79 Å². The smallest absolute Gasteiger partial charge is 0.314 e. The van der Waals surface area contributed by atoms with Gasteiger partial charge in [-0.15, -0.1) is 0 Å². The fourth-order valence-corrected chi connectivity index (χ4v) is 2.75. The maximum absolute atomic E-state index is 12.2. The molecular formula is C20H24N2OS. The van der Waals surface area contributed by atoms with Gasteiger partial charge in [0.1, 0.15) is 0 Å². The molecule has 0 saturated carbocycles. The van der Waals surface area contributed by atoms with E-state index in [4.69, 9.17) is 0 Å². The predicted molar refractivity (Wildman–Crippen MR) is 102 cm³/mol. The zero-order valence-electron chi connectivity index (χ0n) is 14.6. The number of anilines is 1. The molecular weight excluding hydrogens is 316 g/mol. The lowest BCUT2D eigenvalue weighted by Crippen LogP contribution is -2.25. The first-order valence-electron chi connectivity index (χ1n) is 7.93. The molecule has 0 spiro atoms. The first-order valence-corrected chi connectivity index (χ1v) is 8.74. The number of hydrogen-bond acceptors (Lipinski definition) is 2. The van der Waals surface area contributed by atoms with Crippen LogP contribution in [0, 0.1) is 5.41 Å². The third-order valence-electron chi connectivity index (χ3n) is 3.71. The number of carbonyl (C=O) groups is 1. The highest BCUT2D eigenvalue weighted by Crippen LogP contribution is 2.33. The quantitative estimate of drug-likeness (QED) is 0.726. The molecule has 3 nitrogen and oxygen atoms in total. The first kappa shape index (κ1) is 18.1. The Morgan fingerprint density at radius 3 is 2.29 bits per heavy atom. The summed E-state index contributed by atoms with van der Waals surface area (Å²) >= 11 is 1.63. The Labute approximate surface area is 148 Å². The van der Waals surface area contributed by atoms with Crippen molar-refractivity contribution in [3.8, 4) is 0 Å². The predicted octanol–water partition coefficient (Wildman–Crippen LogP) is 5.91. The molecule has 2 rings (SSSR count). The number of para-hydroxylation sites is 1. The van der Waals surface area contributed by atoms with E-state index in [1.807, 2.05) is 49.4 Å². The Hall–Kier alpha value is -2.20. The molecule has 126 valence electrons. The van der Waals surface area contributed by atoms with E-state index in [0.717, 1.165) is 21.1 Å². The minimum atomic E-state index is -0.236. The van der Waals surface area contributed by atoms with Crippen LogP contribution in [-0.4, -0.2) is 6.03 Å². The summed E-state index contributed by atoms with van der Waals surface area (Å²) in [6, 6.07) is 17.7. The molecule has 0 saturated heterocycles. The van der Waals surface area contributed by atoms with Gasteiger partial charge in [0, 0.05) is 16.0 Å². The van der Waals surface area contributed by atoms with Gasteiger partial charge in [0.15, 0.2) is 0 Å². The Morgan fingerprint density at radius 1 is 1.00 bits per heavy atom. The van der Waals surface area contributed by atoms with Crippen LogP contribution in [-0.2, 0) is 0 Å². The van der Waals surface area contributed by atoms with E-state index in [1.165, 1.54) is 0 Å². The normalized spacial score (nSPS) is 11.9. The topological polar surface area (TPSA) is 41.1 Å². The van der Waals surface area contributed by atoms with Gasteiger partial charge >= 0.3 is 6.03 Å². The van der Waals surface area contributed by atoms with Crippen LogP contribution in [0.25, 0.3) is 0 Å². The number of nitrogens with one attached hydrogen (secondary N) is 2. The summed E-state index contributed by atoms with van der Waals surface area (Å²) in [7, 11) is 0. The van der Waals surface area contributed by atoms with Gasteiger partial charge in [-0.1, -0.05) is 68.4 Å².